The molecule has 0 fully saturated rings. The number of fused-ring (bicyclic) bond motifs is 1. The van der Waals surface area contributed by atoms with Crippen LogP contribution in [-0.2, 0) is 7.05 Å². The SMILES string of the molecule is Cn1nc(C2=NCCN2)c2ccccc21. The van der Waals surface area contributed by atoms with Gasteiger partial charge in [0, 0.05) is 19.0 Å². The molecule has 15 heavy (non-hydrogen) atoms. The van der Waals surface area contributed by atoms with Crippen LogP contribution in [-0.4, -0.2) is 28.7 Å². The Morgan fingerprint density at radius 2 is 2.20 bits per heavy atom. The maximum Gasteiger partial charge on any atom is 0.149 e. The number of para-hydroxylation sites is 1. The molecule has 1 aliphatic rings. The largest absolute Gasteiger partial charge is 0.367 e. The van der Waals surface area contributed by atoms with Crippen LogP contribution in [0.4, 0.5) is 0 Å². The summed E-state index contributed by atoms with van der Waals surface area (Å²) < 4.78 is 1.90. The number of amidine groups is 1. The maximum absolute atomic E-state index is 4.50. The third-order valence-electron chi connectivity index (χ3n) is 2.66. The molecule has 1 aromatic carbocycles. The summed E-state index contributed by atoms with van der Waals surface area (Å²) in [6.45, 7) is 1.76. The van der Waals surface area contributed by atoms with Gasteiger partial charge in [0.15, 0.2) is 0 Å². The fourth-order valence-corrected chi connectivity index (χ4v) is 1.95. The smallest absolute Gasteiger partial charge is 0.149 e. The van der Waals surface area contributed by atoms with Crippen molar-refractivity contribution in [3.8, 4) is 0 Å². The van der Waals surface area contributed by atoms with Crippen molar-refractivity contribution in [2.45, 2.75) is 0 Å². The van der Waals surface area contributed by atoms with Gasteiger partial charge in [-0.05, 0) is 6.07 Å². The zero-order chi connectivity index (χ0) is 10.3. The van der Waals surface area contributed by atoms with Crippen LogP contribution in [0.1, 0.15) is 5.69 Å². The Labute approximate surface area is 87.6 Å². The van der Waals surface area contributed by atoms with E-state index in [1.807, 2.05) is 23.9 Å². The maximum atomic E-state index is 4.50. The molecule has 2 heterocycles. The van der Waals surface area contributed by atoms with Crippen molar-refractivity contribution in [2.24, 2.45) is 12.0 Å². The number of aliphatic imine (C=N–C) groups is 1. The van der Waals surface area contributed by atoms with Crippen LogP contribution in [0.2, 0.25) is 0 Å². The average molecular weight is 200 g/mol. The van der Waals surface area contributed by atoms with Gasteiger partial charge in [-0.2, -0.15) is 5.10 Å². The number of rotatable bonds is 1. The first-order chi connectivity index (χ1) is 7.36. The highest BCUT2D eigenvalue weighted by Gasteiger charge is 2.15. The van der Waals surface area contributed by atoms with E-state index >= 15 is 0 Å². The van der Waals surface area contributed by atoms with Gasteiger partial charge in [0.25, 0.3) is 0 Å². The van der Waals surface area contributed by atoms with Gasteiger partial charge in [0.2, 0.25) is 0 Å². The lowest BCUT2D eigenvalue weighted by molar-refractivity contribution is 0.791. The molecule has 1 aliphatic heterocycles. The van der Waals surface area contributed by atoms with E-state index in [2.05, 4.69) is 27.5 Å². The number of hydrogen-bond donors (Lipinski definition) is 1. The summed E-state index contributed by atoms with van der Waals surface area (Å²) in [7, 11) is 1.96. The van der Waals surface area contributed by atoms with Crippen molar-refractivity contribution in [3.05, 3.63) is 30.0 Å². The Bertz CT molecular complexity index is 539. The van der Waals surface area contributed by atoms with Crippen LogP contribution in [0, 0.1) is 0 Å². The topological polar surface area (TPSA) is 42.2 Å². The normalized spacial score (nSPS) is 15.4. The van der Waals surface area contributed by atoms with Crippen molar-refractivity contribution >= 4 is 16.7 Å². The number of aromatic nitrogens is 2. The van der Waals surface area contributed by atoms with Gasteiger partial charge in [-0.1, -0.05) is 18.2 Å². The summed E-state index contributed by atoms with van der Waals surface area (Å²) in [5.74, 6) is 0.923. The first-order valence-corrected chi connectivity index (χ1v) is 5.07. The summed E-state index contributed by atoms with van der Waals surface area (Å²) in [5, 5.41) is 8.91. The van der Waals surface area contributed by atoms with E-state index in [0.29, 0.717) is 0 Å². The first kappa shape index (κ1) is 8.47. The molecule has 0 aliphatic carbocycles. The highest BCUT2D eigenvalue weighted by atomic mass is 15.3. The van der Waals surface area contributed by atoms with Crippen LogP contribution in [0.5, 0.6) is 0 Å². The monoisotopic (exact) mass is 200 g/mol. The Hall–Kier alpha value is -1.84. The third-order valence-corrected chi connectivity index (χ3v) is 2.66. The van der Waals surface area contributed by atoms with Gasteiger partial charge in [-0.15, -0.1) is 0 Å². The minimum Gasteiger partial charge on any atom is -0.367 e. The summed E-state index contributed by atoms with van der Waals surface area (Å²) in [5.41, 5.74) is 2.11. The molecule has 0 atom stereocenters. The average Bonchev–Trinajstić information content (AvgIpc) is 2.87. The Balaban J connectivity index is 2.26. The molecule has 1 N–H and O–H groups in total. The van der Waals surface area contributed by atoms with Gasteiger partial charge < -0.3 is 5.32 Å². The van der Waals surface area contributed by atoms with E-state index < -0.39 is 0 Å². The van der Waals surface area contributed by atoms with E-state index in [1.54, 1.807) is 0 Å². The molecular formula is C11H12N4. The highest BCUT2D eigenvalue weighted by Crippen LogP contribution is 2.18. The van der Waals surface area contributed by atoms with Crippen LogP contribution >= 0.6 is 0 Å². The molecular weight excluding hydrogens is 188 g/mol. The minimum absolute atomic E-state index is 0.847. The van der Waals surface area contributed by atoms with Crippen molar-refractivity contribution in [1.82, 2.24) is 15.1 Å². The van der Waals surface area contributed by atoms with Gasteiger partial charge >= 0.3 is 0 Å². The standard InChI is InChI=1S/C11H12N4/c1-15-9-5-3-2-4-8(9)10(14-15)11-12-6-7-13-11/h2-5H,6-7H2,1H3,(H,12,13). The van der Waals surface area contributed by atoms with Gasteiger partial charge in [-0.25, -0.2) is 0 Å². The van der Waals surface area contributed by atoms with Crippen LogP contribution in [0.25, 0.3) is 10.9 Å². The second kappa shape index (κ2) is 3.08. The fraction of sp³-hybridized carbons (Fsp3) is 0.273. The lowest BCUT2D eigenvalue weighted by Crippen LogP contribution is -2.20. The molecule has 3 rings (SSSR count). The molecule has 0 saturated carbocycles. The van der Waals surface area contributed by atoms with E-state index in [9.17, 15) is 0 Å². The lowest BCUT2D eigenvalue weighted by Gasteiger charge is -1.96. The lowest BCUT2D eigenvalue weighted by atomic mass is 10.2. The zero-order valence-electron chi connectivity index (χ0n) is 8.57. The van der Waals surface area contributed by atoms with Crippen LogP contribution in [0.15, 0.2) is 29.3 Å². The number of hydrogen-bond acceptors (Lipinski definition) is 3. The van der Waals surface area contributed by atoms with Gasteiger partial charge in [0.1, 0.15) is 11.5 Å². The van der Waals surface area contributed by atoms with Crippen molar-refractivity contribution in [3.63, 3.8) is 0 Å². The molecule has 0 amide bonds. The van der Waals surface area contributed by atoms with Crippen molar-refractivity contribution in [1.29, 1.82) is 0 Å². The minimum atomic E-state index is 0.847. The fourth-order valence-electron chi connectivity index (χ4n) is 1.95. The van der Waals surface area contributed by atoms with E-state index in [-0.39, 0.29) is 0 Å². The Kier molecular flexibility index (Phi) is 1.74. The molecule has 0 unspecified atom stereocenters. The Morgan fingerprint density at radius 1 is 1.33 bits per heavy atom. The third kappa shape index (κ3) is 1.21. The predicted octanol–water partition coefficient (Wildman–Crippen LogP) is 0.923. The van der Waals surface area contributed by atoms with Crippen LogP contribution < -0.4 is 5.32 Å². The van der Waals surface area contributed by atoms with Crippen molar-refractivity contribution in [2.75, 3.05) is 13.1 Å². The number of aryl methyl sites for hydroxylation is 1. The van der Waals surface area contributed by atoms with Gasteiger partial charge in [0.05, 0.1) is 12.1 Å². The quantitative estimate of drug-likeness (QED) is 0.744. The molecule has 0 radical (unpaired) electrons. The molecule has 2 aromatic rings. The summed E-state index contributed by atoms with van der Waals surface area (Å²) >= 11 is 0. The zero-order valence-corrected chi connectivity index (χ0v) is 8.57. The second-order valence-corrected chi connectivity index (χ2v) is 3.65. The summed E-state index contributed by atoms with van der Waals surface area (Å²) in [4.78, 5) is 4.40. The van der Waals surface area contributed by atoms with Crippen molar-refractivity contribution < 1.29 is 0 Å². The number of nitrogens with one attached hydrogen (secondary N) is 1. The Morgan fingerprint density at radius 3 is 3.00 bits per heavy atom. The summed E-state index contributed by atoms with van der Waals surface area (Å²) in [6, 6.07) is 8.21. The van der Waals surface area contributed by atoms with Gasteiger partial charge in [-0.3, -0.25) is 9.67 Å². The molecule has 0 saturated heterocycles. The second-order valence-electron chi connectivity index (χ2n) is 3.65. The van der Waals surface area contributed by atoms with E-state index in [4.69, 9.17) is 0 Å². The number of benzene rings is 1. The highest BCUT2D eigenvalue weighted by molar-refractivity contribution is 6.08. The molecule has 0 spiro atoms. The summed E-state index contributed by atoms with van der Waals surface area (Å²) in [6.07, 6.45) is 0. The molecule has 1 aromatic heterocycles. The first-order valence-electron chi connectivity index (χ1n) is 5.07. The van der Waals surface area contributed by atoms with E-state index in [1.165, 1.54) is 0 Å². The molecule has 0 bridgehead atoms. The molecule has 4 heteroatoms. The molecule has 4 nitrogen and oxygen atoms in total. The number of nitrogens with zero attached hydrogens (tertiary/aromatic N) is 3. The molecule has 76 valence electrons. The van der Waals surface area contributed by atoms with E-state index in [0.717, 1.165) is 35.5 Å². The van der Waals surface area contributed by atoms with Crippen LogP contribution in [0.3, 0.4) is 0 Å². The predicted molar refractivity (Wildman–Crippen MR) is 60.1 cm³/mol.